The van der Waals surface area contributed by atoms with Crippen LogP contribution in [0.15, 0.2) is 111 Å². The molecule has 258 valence electrons. The molecule has 4 aromatic rings. The molecule has 0 saturated heterocycles. The summed E-state index contributed by atoms with van der Waals surface area (Å²) in [5, 5.41) is 38.7. The van der Waals surface area contributed by atoms with Crippen LogP contribution in [0.25, 0.3) is 0 Å². The average Bonchev–Trinajstić information content (AvgIpc) is 3.07. The van der Waals surface area contributed by atoms with Crippen molar-refractivity contribution in [3.63, 3.8) is 0 Å². The summed E-state index contributed by atoms with van der Waals surface area (Å²) in [6, 6.07) is 20.9. The van der Waals surface area contributed by atoms with E-state index in [1.807, 2.05) is 24.3 Å². The zero-order chi connectivity index (χ0) is 36.0. The molecule has 0 saturated carbocycles. The van der Waals surface area contributed by atoms with Gasteiger partial charge in [-0.05, 0) is 85.6 Å². The second-order valence-electron chi connectivity index (χ2n) is 9.73. The van der Waals surface area contributed by atoms with Gasteiger partial charge in [0, 0.05) is 91.2 Å². The van der Waals surface area contributed by atoms with Crippen LogP contribution in [0, 0.1) is 0 Å². The first-order chi connectivity index (χ1) is 23.5. The van der Waals surface area contributed by atoms with E-state index in [4.69, 9.17) is 6.80 Å². The molecule has 49 heavy (non-hydrogen) atoms. The van der Waals surface area contributed by atoms with Crippen molar-refractivity contribution < 1.29 is 45.7 Å². The molecule has 4 rings (SSSR count). The maximum absolute atomic E-state index is 9.69. The third-order valence-corrected chi connectivity index (χ3v) is 8.00. The zero-order valence-corrected chi connectivity index (χ0v) is 35.1. The molecule has 0 unspecified atom stereocenters. The summed E-state index contributed by atoms with van der Waals surface area (Å²) in [7, 11) is 0. The summed E-state index contributed by atoms with van der Waals surface area (Å²) in [5.41, 5.74) is 2.73. The molecular weight excluding hydrogens is 1060 g/mol. The molecule has 0 fully saturated rings. The van der Waals surface area contributed by atoms with Gasteiger partial charge in [0.05, 0.1) is 0 Å². The molecule has 0 aliphatic heterocycles. The molecule has 0 aliphatic rings. The van der Waals surface area contributed by atoms with Gasteiger partial charge in [0.25, 0.3) is 0 Å². The predicted molar refractivity (Wildman–Crippen MR) is 204 cm³/mol. The maximum atomic E-state index is 9.69. The predicted octanol–water partition coefficient (Wildman–Crippen LogP) is 8.86. The van der Waals surface area contributed by atoms with Crippen LogP contribution in [0.3, 0.4) is 0 Å². The van der Waals surface area contributed by atoms with Gasteiger partial charge >= 0.3 is 25.3 Å². The fraction of sp³-hybridized carbons (Fsp3) is 0.176. The number of nitrogens with zero attached hydrogens (tertiary/aromatic N) is 4. The Morgan fingerprint density at radius 1 is 0.449 bits per heavy atom. The van der Waals surface area contributed by atoms with Crippen molar-refractivity contribution in [3.8, 4) is 23.0 Å². The van der Waals surface area contributed by atoms with Crippen LogP contribution in [0.1, 0.15) is 35.1 Å². The van der Waals surface area contributed by atoms with Crippen LogP contribution in [-0.2, 0) is 25.3 Å². The number of hydrogen-bond donors (Lipinski definition) is 4. The van der Waals surface area contributed by atoms with Crippen molar-refractivity contribution >= 4 is 88.6 Å². The van der Waals surface area contributed by atoms with Gasteiger partial charge in [-0.15, -0.1) is 0 Å². The Balaban J connectivity index is 0.000000315. The molecule has 0 aromatic heterocycles. The average molecular weight is 1100 g/mol. The molecule has 0 aliphatic carbocycles. The molecule has 0 radical (unpaired) electrons. The monoisotopic (exact) mass is 1090 g/mol. The fourth-order valence-electron chi connectivity index (χ4n) is 3.67. The van der Waals surface area contributed by atoms with Gasteiger partial charge in [0.15, 0.2) is 0 Å². The van der Waals surface area contributed by atoms with Crippen molar-refractivity contribution in [2.45, 2.75) is 12.8 Å². The van der Waals surface area contributed by atoms with Gasteiger partial charge in [-0.3, -0.25) is 20.0 Å². The standard InChI is InChI=1S/2C17H16Br2N2O2.2O.W/c2*18-14-2-4-16(22)12(8-14)10-20-6-1-7-21-11-13-9-15(19)3-5-17(13)23;;;/h2*2-5,8-11,22-23H,1,6-7H2;;;. The minimum absolute atomic E-state index is 0.208. The van der Waals surface area contributed by atoms with Crippen molar-refractivity contribution in [3.05, 3.63) is 113 Å². The SMILES string of the molecule is Oc1ccc(Br)cc1C=NCCCN=Cc1cc(Br)ccc1O.Oc1ccc(Br)cc1C=NCCCN=Cc1cc(Br)ccc1O.[O]=[W]=[O]. The summed E-state index contributed by atoms with van der Waals surface area (Å²) in [6.45, 7) is 2.48. The normalized spacial score (nSPS) is 11.1. The Morgan fingerprint density at radius 3 is 0.857 bits per heavy atom. The Morgan fingerprint density at radius 2 is 0.653 bits per heavy atom. The quantitative estimate of drug-likeness (QED) is 0.0818. The summed E-state index contributed by atoms with van der Waals surface area (Å²) in [5.74, 6) is 0.834. The Labute approximate surface area is 326 Å². The number of halogens is 4. The summed E-state index contributed by atoms with van der Waals surface area (Å²) < 4.78 is 20.7. The first kappa shape index (κ1) is 42.1. The van der Waals surface area contributed by atoms with Gasteiger partial charge in [-0.1, -0.05) is 63.7 Å². The van der Waals surface area contributed by atoms with Crippen LogP contribution in [-0.4, -0.2) is 71.5 Å². The summed E-state index contributed by atoms with van der Waals surface area (Å²) in [4.78, 5) is 17.1. The van der Waals surface area contributed by atoms with E-state index >= 15 is 0 Å². The Hall–Kier alpha value is -3.03. The second kappa shape index (κ2) is 24.2. The number of phenolic OH excluding ortho intramolecular Hbond substituents is 4. The van der Waals surface area contributed by atoms with Crippen molar-refractivity contribution in [2.75, 3.05) is 26.2 Å². The van der Waals surface area contributed by atoms with Crippen LogP contribution in [0.4, 0.5) is 0 Å². The van der Waals surface area contributed by atoms with Gasteiger partial charge in [0.1, 0.15) is 23.0 Å². The van der Waals surface area contributed by atoms with Gasteiger partial charge in [0.2, 0.25) is 0 Å². The van der Waals surface area contributed by atoms with E-state index in [1.54, 1.807) is 73.4 Å². The summed E-state index contributed by atoms with van der Waals surface area (Å²) in [6.07, 6.45) is 8.20. The topological polar surface area (TPSA) is 164 Å². The first-order valence-electron chi connectivity index (χ1n) is 14.4. The van der Waals surface area contributed by atoms with Crippen LogP contribution < -0.4 is 0 Å². The summed E-state index contributed by atoms with van der Waals surface area (Å²) >= 11 is 11.2. The van der Waals surface area contributed by atoms with Crippen LogP contribution in [0.2, 0.25) is 0 Å². The van der Waals surface area contributed by atoms with Crippen molar-refractivity contribution in [1.82, 2.24) is 0 Å². The number of aromatic hydroxyl groups is 4. The third kappa shape index (κ3) is 17.5. The van der Waals surface area contributed by atoms with Gasteiger partial charge in [-0.2, -0.15) is 0 Å². The van der Waals surface area contributed by atoms with E-state index in [9.17, 15) is 20.4 Å². The molecule has 15 heteroatoms. The molecule has 10 nitrogen and oxygen atoms in total. The van der Waals surface area contributed by atoms with E-state index in [-0.39, 0.29) is 23.0 Å². The van der Waals surface area contributed by atoms with E-state index in [1.165, 1.54) is 0 Å². The molecule has 0 atom stereocenters. The molecule has 4 N–H and O–H groups in total. The molecule has 4 aromatic carbocycles. The Kier molecular flexibility index (Phi) is 20.8. The van der Waals surface area contributed by atoms with E-state index in [0.717, 1.165) is 30.7 Å². The van der Waals surface area contributed by atoms with Crippen LogP contribution >= 0.6 is 63.7 Å². The van der Waals surface area contributed by atoms with E-state index in [2.05, 4.69) is 83.7 Å². The number of aliphatic imine (C=N–C) groups is 4. The molecule has 0 heterocycles. The third-order valence-electron chi connectivity index (χ3n) is 6.03. The van der Waals surface area contributed by atoms with Crippen LogP contribution in [0.5, 0.6) is 23.0 Å². The molecular formula is C34H32Br4N4O6W. The number of rotatable bonds is 12. The number of benzene rings is 4. The number of phenols is 4. The second-order valence-corrected chi connectivity index (χ2v) is 13.9. The van der Waals surface area contributed by atoms with Gasteiger partial charge < -0.3 is 20.4 Å². The van der Waals surface area contributed by atoms with Crippen molar-refractivity contribution in [2.24, 2.45) is 20.0 Å². The molecule has 0 bridgehead atoms. The first-order valence-corrected chi connectivity index (χ1v) is 20.0. The van der Waals surface area contributed by atoms with Crippen molar-refractivity contribution in [1.29, 1.82) is 0 Å². The zero-order valence-electron chi connectivity index (χ0n) is 25.8. The van der Waals surface area contributed by atoms with E-state index < -0.39 is 18.5 Å². The Bertz CT molecular complexity index is 1570. The molecule has 0 amide bonds. The minimum atomic E-state index is -2.25. The molecule has 0 spiro atoms. The fourth-order valence-corrected chi connectivity index (χ4v) is 5.19. The van der Waals surface area contributed by atoms with Gasteiger partial charge in [-0.25, -0.2) is 0 Å². The number of hydrogen-bond acceptors (Lipinski definition) is 10. The van der Waals surface area contributed by atoms with E-state index in [0.29, 0.717) is 48.4 Å².